The van der Waals surface area contributed by atoms with Crippen molar-refractivity contribution in [2.45, 2.75) is 25.9 Å². The number of hydrogen-bond donors (Lipinski definition) is 2. The van der Waals surface area contributed by atoms with Gasteiger partial charge >= 0.3 is 0 Å². The molecule has 0 saturated carbocycles. The fourth-order valence-electron chi connectivity index (χ4n) is 4.09. The number of benzene rings is 3. The van der Waals surface area contributed by atoms with Crippen LogP contribution in [-0.2, 0) is 17.9 Å². The fourth-order valence-corrected chi connectivity index (χ4v) is 4.09. The first kappa shape index (κ1) is 24.3. The Hall–Kier alpha value is -3.84. The summed E-state index contributed by atoms with van der Waals surface area (Å²) in [5.41, 5.74) is 3.56. The summed E-state index contributed by atoms with van der Waals surface area (Å²) < 4.78 is 10.7. The monoisotopic (exact) mass is 473 g/mol. The summed E-state index contributed by atoms with van der Waals surface area (Å²) in [4.78, 5) is 27.3. The molecule has 0 spiro atoms. The largest absolute Gasteiger partial charge is 0.497 e. The van der Waals surface area contributed by atoms with Gasteiger partial charge in [0, 0.05) is 30.4 Å². The normalized spacial score (nSPS) is 13.3. The number of nitrogens with zero attached hydrogens (tertiary/aromatic N) is 1. The molecular formula is C28H31N3O4. The van der Waals surface area contributed by atoms with Crippen LogP contribution in [-0.4, -0.2) is 43.5 Å². The third-order valence-corrected chi connectivity index (χ3v) is 5.99. The lowest BCUT2D eigenvalue weighted by atomic mass is 10.1. The van der Waals surface area contributed by atoms with Crippen molar-refractivity contribution in [3.8, 4) is 11.5 Å². The minimum atomic E-state index is -0.285. The summed E-state index contributed by atoms with van der Waals surface area (Å²) >= 11 is 0. The molecule has 0 atom stereocenters. The summed E-state index contributed by atoms with van der Waals surface area (Å²) in [5.74, 6) is 0.738. The van der Waals surface area contributed by atoms with E-state index in [1.54, 1.807) is 55.6 Å². The smallest absolute Gasteiger partial charge is 0.262 e. The van der Waals surface area contributed by atoms with Crippen LogP contribution in [0.5, 0.6) is 11.5 Å². The van der Waals surface area contributed by atoms with Gasteiger partial charge < -0.3 is 20.1 Å². The number of carbonyl (C=O) groups is 2. The first-order chi connectivity index (χ1) is 17.1. The van der Waals surface area contributed by atoms with Crippen LogP contribution in [0.2, 0.25) is 0 Å². The van der Waals surface area contributed by atoms with E-state index >= 15 is 0 Å². The highest BCUT2D eigenvalue weighted by Crippen LogP contribution is 2.18. The number of rotatable bonds is 10. The molecule has 0 aliphatic carbocycles. The minimum absolute atomic E-state index is 0.142. The van der Waals surface area contributed by atoms with Crippen molar-refractivity contribution in [3.05, 3.63) is 89.5 Å². The molecular weight excluding hydrogens is 442 g/mol. The number of hydrogen-bond acceptors (Lipinski definition) is 5. The van der Waals surface area contributed by atoms with Crippen molar-refractivity contribution in [2.75, 3.05) is 32.1 Å². The molecule has 3 aromatic carbocycles. The van der Waals surface area contributed by atoms with E-state index in [-0.39, 0.29) is 18.4 Å². The Bertz CT molecular complexity index is 1140. The highest BCUT2D eigenvalue weighted by Gasteiger charge is 2.14. The molecule has 7 heteroatoms. The lowest BCUT2D eigenvalue weighted by Crippen LogP contribution is -2.25. The zero-order chi connectivity index (χ0) is 24.5. The van der Waals surface area contributed by atoms with Crippen molar-refractivity contribution in [3.63, 3.8) is 0 Å². The van der Waals surface area contributed by atoms with E-state index in [2.05, 4.69) is 27.7 Å². The molecule has 35 heavy (non-hydrogen) atoms. The van der Waals surface area contributed by atoms with E-state index < -0.39 is 0 Å². The van der Waals surface area contributed by atoms with Gasteiger partial charge in [0.2, 0.25) is 0 Å². The zero-order valence-corrected chi connectivity index (χ0v) is 20.0. The Labute approximate surface area is 206 Å². The molecule has 4 rings (SSSR count). The van der Waals surface area contributed by atoms with Crippen LogP contribution in [0.3, 0.4) is 0 Å². The summed E-state index contributed by atoms with van der Waals surface area (Å²) in [6.07, 6.45) is 2.51. The van der Waals surface area contributed by atoms with E-state index in [1.165, 1.54) is 18.4 Å². The Kier molecular flexibility index (Phi) is 8.35. The van der Waals surface area contributed by atoms with Gasteiger partial charge in [-0.25, -0.2) is 0 Å². The Morgan fingerprint density at radius 2 is 1.63 bits per heavy atom. The van der Waals surface area contributed by atoms with Gasteiger partial charge in [-0.05, 0) is 73.5 Å². The second-order valence-electron chi connectivity index (χ2n) is 8.53. The quantitative estimate of drug-likeness (QED) is 0.461. The predicted octanol–water partition coefficient (Wildman–Crippen LogP) is 4.24. The van der Waals surface area contributed by atoms with E-state index in [9.17, 15) is 9.59 Å². The molecule has 0 aromatic heterocycles. The van der Waals surface area contributed by atoms with E-state index in [4.69, 9.17) is 9.47 Å². The standard InChI is InChI=1S/C28H31N3O4/c1-34-26-10-6-9-24(17-26)30-27(32)20-35-25-13-11-21(12-14-25)28(33)29-18-22-7-2-3-8-23(22)19-31-15-4-5-16-31/h2-3,6-14,17H,4-5,15-16,18-20H2,1H3,(H,29,33)(H,30,32). The van der Waals surface area contributed by atoms with Crippen LogP contribution < -0.4 is 20.1 Å². The lowest BCUT2D eigenvalue weighted by molar-refractivity contribution is -0.118. The van der Waals surface area contributed by atoms with Crippen LogP contribution in [0.1, 0.15) is 34.3 Å². The maximum absolute atomic E-state index is 12.7. The average molecular weight is 474 g/mol. The summed E-state index contributed by atoms with van der Waals surface area (Å²) in [6, 6.07) is 22.1. The minimum Gasteiger partial charge on any atom is -0.497 e. The second-order valence-corrected chi connectivity index (χ2v) is 8.53. The number of likely N-dealkylation sites (tertiary alicyclic amines) is 1. The van der Waals surface area contributed by atoms with Crippen LogP contribution in [0.15, 0.2) is 72.8 Å². The molecule has 2 N–H and O–H groups in total. The van der Waals surface area contributed by atoms with Gasteiger partial charge in [0.1, 0.15) is 11.5 Å². The lowest BCUT2D eigenvalue weighted by Gasteiger charge is -2.17. The molecule has 3 aromatic rings. The predicted molar refractivity (Wildman–Crippen MR) is 136 cm³/mol. The average Bonchev–Trinajstić information content (AvgIpc) is 3.40. The van der Waals surface area contributed by atoms with Crippen molar-refractivity contribution in [2.24, 2.45) is 0 Å². The number of nitrogens with one attached hydrogen (secondary N) is 2. The third kappa shape index (κ3) is 7.07. The first-order valence-corrected chi connectivity index (χ1v) is 11.8. The number of carbonyl (C=O) groups excluding carboxylic acids is 2. The second kappa shape index (κ2) is 12.0. The maximum Gasteiger partial charge on any atom is 0.262 e. The molecule has 1 fully saturated rings. The molecule has 1 saturated heterocycles. The van der Waals surface area contributed by atoms with Crippen molar-refractivity contribution in [1.82, 2.24) is 10.2 Å². The van der Waals surface area contributed by atoms with Gasteiger partial charge in [-0.15, -0.1) is 0 Å². The molecule has 1 aliphatic rings. The molecule has 0 bridgehead atoms. The van der Waals surface area contributed by atoms with Crippen molar-refractivity contribution < 1.29 is 19.1 Å². The Morgan fingerprint density at radius 1 is 0.886 bits per heavy atom. The molecule has 0 unspecified atom stereocenters. The number of ether oxygens (including phenoxy) is 2. The van der Waals surface area contributed by atoms with Gasteiger partial charge in [0.25, 0.3) is 11.8 Å². The van der Waals surface area contributed by atoms with Gasteiger partial charge in [-0.1, -0.05) is 30.3 Å². The first-order valence-electron chi connectivity index (χ1n) is 11.8. The molecule has 2 amide bonds. The maximum atomic E-state index is 12.7. The van der Waals surface area contributed by atoms with Gasteiger partial charge in [0.15, 0.2) is 6.61 Å². The topological polar surface area (TPSA) is 79.9 Å². The fraction of sp³-hybridized carbons (Fsp3) is 0.286. The molecule has 7 nitrogen and oxygen atoms in total. The van der Waals surface area contributed by atoms with E-state index in [0.29, 0.717) is 29.3 Å². The Morgan fingerprint density at radius 3 is 2.37 bits per heavy atom. The van der Waals surface area contributed by atoms with Crippen LogP contribution >= 0.6 is 0 Å². The van der Waals surface area contributed by atoms with Crippen LogP contribution in [0.25, 0.3) is 0 Å². The number of methoxy groups -OCH3 is 1. The summed E-state index contributed by atoms with van der Waals surface area (Å²) in [5, 5.41) is 5.78. The SMILES string of the molecule is COc1cccc(NC(=O)COc2ccc(C(=O)NCc3ccccc3CN3CCCC3)cc2)c1. The molecule has 182 valence electrons. The summed E-state index contributed by atoms with van der Waals surface area (Å²) in [6.45, 7) is 3.53. The molecule has 0 radical (unpaired) electrons. The van der Waals surface area contributed by atoms with E-state index in [1.807, 2.05) is 12.1 Å². The van der Waals surface area contributed by atoms with Gasteiger partial charge in [-0.2, -0.15) is 0 Å². The van der Waals surface area contributed by atoms with Crippen LogP contribution in [0, 0.1) is 0 Å². The Balaban J connectivity index is 1.25. The van der Waals surface area contributed by atoms with Crippen molar-refractivity contribution >= 4 is 17.5 Å². The molecule has 1 aliphatic heterocycles. The van der Waals surface area contributed by atoms with Crippen molar-refractivity contribution in [1.29, 1.82) is 0 Å². The number of anilines is 1. The number of amides is 2. The highest BCUT2D eigenvalue weighted by molar-refractivity contribution is 5.94. The zero-order valence-electron chi connectivity index (χ0n) is 20.0. The van der Waals surface area contributed by atoms with Gasteiger partial charge in [0.05, 0.1) is 7.11 Å². The van der Waals surface area contributed by atoms with Gasteiger partial charge in [-0.3, -0.25) is 14.5 Å². The van der Waals surface area contributed by atoms with E-state index in [0.717, 1.165) is 25.2 Å². The summed E-state index contributed by atoms with van der Waals surface area (Å²) in [7, 11) is 1.57. The van der Waals surface area contributed by atoms with Crippen LogP contribution in [0.4, 0.5) is 5.69 Å². The molecule has 1 heterocycles. The highest BCUT2D eigenvalue weighted by atomic mass is 16.5. The third-order valence-electron chi connectivity index (χ3n) is 5.99.